The summed E-state index contributed by atoms with van der Waals surface area (Å²) in [4.78, 5) is 12.8. The smallest absolute Gasteiger partial charge is 0.255 e. The number of benzene rings is 1. The lowest BCUT2D eigenvalue weighted by atomic mass is 10.1. The van der Waals surface area contributed by atoms with E-state index in [1.165, 1.54) is 0 Å². The summed E-state index contributed by atoms with van der Waals surface area (Å²) < 4.78 is 35.7. The molecule has 9 heteroatoms. The molecule has 0 radical (unpaired) electrons. The zero-order chi connectivity index (χ0) is 20.5. The summed E-state index contributed by atoms with van der Waals surface area (Å²) in [6, 6.07) is 5.24. The molecule has 8 nitrogen and oxygen atoms in total. The molecule has 1 atom stereocenters. The first kappa shape index (κ1) is 20.2. The molecule has 1 aromatic carbocycles. The molecule has 1 aliphatic rings. The van der Waals surface area contributed by atoms with Crippen molar-refractivity contribution in [1.29, 1.82) is 0 Å². The van der Waals surface area contributed by atoms with Crippen LogP contribution in [0, 0.1) is 13.8 Å². The van der Waals surface area contributed by atoms with Crippen molar-refractivity contribution >= 4 is 15.7 Å². The largest absolute Gasteiger partial charge is 0.493 e. The van der Waals surface area contributed by atoms with Crippen LogP contribution < -0.4 is 14.8 Å². The number of sulfone groups is 1. The van der Waals surface area contributed by atoms with Gasteiger partial charge in [-0.1, -0.05) is 6.07 Å². The van der Waals surface area contributed by atoms with E-state index in [-0.39, 0.29) is 23.5 Å². The van der Waals surface area contributed by atoms with Gasteiger partial charge < -0.3 is 14.8 Å². The van der Waals surface area contributed by atoms with Gasteiger partial charge in [0.15, 0.2) is 21.3 Å². The molecule has 1 saturated heterocycles. The van der Waals surface area contributed by atoms with E-state index in [1.807, 2.05) is 12.1 Å². The summed E-state index contributed by atoms with van der Waals surface area (Å²) in [5.41, 5.74) is 2.64. The molecule has 0 unspecified atom stereocenters. The Labute approximate surface area is 164 Å². The molecule has 1 aromatic heterocycles. The number of aromatic nitrogens is 2. The average Bonchev–Trinajstić information content (AvgIpc) is 3.17. The molecule has 0 bridgehead atoms. The number of hydrogen-bond acceptors (Lipinski definition) is 6. The third-order valence-corrected chi connectivity index (χ3v) is 6.76. The molecule has 0 saturated carbocycles. The minimum absolute atomic E-state index is 0.0711. The summed E-state index contributed by atoms with van der Waals surface area (Å²) in [6.07, 6.45) is 0.525. The molecule has 1 amide bonds. The van der Waals surface area contributed by atoms with E-state index >= 15 is 0 Å². The van der Waals surface area contributed by atoms with Gasteiger partial charge in [0.2, 0.25) is 0 Å². The summed E-state index contributed by atoms with van der Waals surface area (Å²) in [7, 11) is 0.101. The van der Waals surface area contributed by atoms with Gasteiger partial charge in [-0.2, -0.15) is 5.10 Å². The Morgan fingerprint density at radius 2 is 1.96 bits per heavy atom. The highest BCUT2D eigenvalue weighted by Crippen LogP contribution is 2.28. The Balaban J connectivity index is 1.75. The Morgan fingerprint density at radius 1 is 1.25 bits per heavy atom. The van der Waals surface area contributed by atoms with Gasteiger partial charge >= 0.3 is 0 Å². The zero-order valence-electron chi connectivity index (χ0n) is 16.5. The summed E-state index contributed by atoms with van der Waals surface area (Å²) in [6.45, 7) is 3.88. The van der Waals surface area contributed by atoms with Crippen molar-refractivity contribution in [3.63, 3.8) is 0 Å². The van der Waals surface area contributed by atoms with Crippen molar-refractivity contribution in [1.82, 2.24) is 15.1 Å². The molecule has 1 aliphatic heterocycles. The molecular formula is C19H25N3O5S. The van der Waals surface area contributed by atoms with E-state index in [2.05, 4.69) is 10.4 Å². The molecule has 0 aliphatic carbocycles. The fourth-order valence-corrected chi connectivity index (χ4v) is 5.27. The van der Waals surface area contributed by atoms with E-state index in [1.54, 1.807) is 38.8 Å². The van der Waals surface area contributed by atoms with Crippen LogP contribution in [0.15, 0.2) is 18.2 Å². The second-order valence-electron chi connectivity index (χ2n) is 6.92. The Kier molecular flexibility index (Phi) is 5.64. The number of hydrogen-bond donors (Lipinski definition) is 1. The number of amides is 1. The van der Waals surface area contributed by atoms with Crippen LogP contribution in [-0.2, 0) is 16.4 Å². The topological polar surface area (TPSA) is 99.5 Å². The van der Waals surface area contributed by atoms with Crippen LogP contribution in [0.2, 0.25) is 0 Å². The number of rotatable bonds is 6. The van der Waals surface area contributed by atoms with Crippen molar-refractivity contribution in [3.8, 4) is 11.5 Å². The second kappa shape index (κ2) is 7.83. The number of aryl methyl sites for hydroxylation is 1. The number of methoxy groups -OCH3 is 2. The molecule has 0 spiro atoms. The highest BCUT2D eigenvalue weighted by atomic mass is 32.2. The summed E-state index contributed by atoms with van der Waals surface area (Å²) >= 11 is 0. The lowest BCUT2D eigenvalue weighted by molar-refractivity contribution is 0.0949. The van der Waals surface area contributed by atoms with E-state index in [0.29, 0.717) is 41.4 Å². The first-order chi connectivity index (χ1) is 13.3. The van der Waals surface area contributed by atoms with Crippen LogP contribution in [0.4, 0.5) is 0 Å². The zero-order valence-corrected chi connectivity index (χ0v) is 17.3. The average molecular weight is 407 g/mol. The highest BCUT2D eigenvalue weighted by molar-refractivity contribution is 7.91. The Hall–Kier alpha value is -2.55. The number of nitrogens with zero attached hydrogens (tertiary/aromatic N) is 2. The lowest BCUT2D eigenvalue weighted by Crippen LogP contribution is -2.24. The van der Waals surface area contributed by atoms with E-state index < -0.39 is 9.84 Å². The number of ether oxygens (including phenoxy) is 2. The van der Waals surface area contributed by atoms with Crippen molar-refractivity contribution in [2.45, 2.75) is 32.9 Å². The third kappa shape index (κ3) is 3.99. The van der Waals surface area contributed by atoms with Crippen LogP contribution in [0.3, 0.4) is 0 Å². The molecule has 2 aromatic rings. The quantitative estimate of drug-likeness (QED) is 0.784. The van der Waals surface area contributed by atoms with Crippen LogP contribution in [0.25, 0.3) is 0 Å². The van der Waals surface area contributed by atoms with Crippen molar-refractivity contribution in [2.24, 2.45) is 0 Å². The van der Waals surface area contributed by atoms with Crippen molar-refractivity contribution in [2.75, 3.05) is 25.7 Å². The van der Waals surface area contributed by atoms with E-state index in [4.69, 9.17) is 9.47 Å². The minimum Gasteiger partial charge on any atom is -0.493 e. The summed E-state index contributed by atoms with van der Waals surface area (Å²) in [5, 5.41) is 7.34. The van der Waals surface area contributed by atoms with Gasteiger partial charge in [0.05, 0.1) is 43.0 Å². The van der Waals surface area contributed by atoms with E-state index in [0.717, 1.165) is 5.56 Å². The maximum absolute atomic E-state index is 12.8. The predicted molar refractivity (Wildman–Crippen MR) is 105 cm³/mol. The maximum Gasteiger partial charge on any atom is 0.255 e. The molecule has 1 fully saturated rings. The number of nitrogens with one attached hydrogen (secondary N) is 1. The first-order valence-corrected chi connectivity index (χ1v) is 10.8. The number of carbonyl (C=O) groups is 1. The Bertz CT molecular complexity index is 997. The fourth-order valence-electron chi connectivity index (χ4n) is 3.58. The van der Waals surface area contributed by atoms with Gasteiger partial charge in [-0.15, -0.1) is 0 Å². The van der Waals surface area contributed by atoms with Crippen LogP contribution in [0.5, 0.6) is 11.5 Å². The summed E-state index contributed by atoms with van der Waals surface area (Å²) in [5.74, 6) is 1.21. The maximum atomic E-state index is 12.8. The van der Waals surface area contributed by atoms with Gasteiger partial charge in [0.1, 0.15) is 0 Å². The molecule has 1 N–H and O–H groups in total. The van der Waals surface area contributed by atoms with Crippen molar-refractivity contribution < 1.29 is 22.7 Å². The monoisotopic (exact) mass is 407 g/mol. The van der Waals surface area contributed by atoms with Gasteiger partial charge in [-0.3, -0.25) is 9.48 Å². The SMILES string of the molecule is COc1ccc(CNC(=O)c2c(C)nn([C@H]3CCS(=O)(=O)C3)c2C)cc1OC. The van der Waals surface area contributed by atoms with Crippen molar-refractivity contribution in [3.05, 3.63) is 40.7 Å². The normalized spacial score (nSPS) is 18.1. The molecule has 3 rings (SSSR count). The van der Waals surface area contributed by atoms with E-state index in [9.17, 15) is 13.2 Å². The first-order valence-electron chi connectivity index (χ1n) is 9.01. The molecule has 28 heavy (non-hydrogen) atoms. The Morgan fingerprint density at radius 3 is 2.57 bits per heavy atom. The minimum atomic E-state index is -3.03. The van der Waals surface area contributed by atoms with Gasteiger partial charge in [0.25, 0.3) is 5.91 Å². The predicted octanol–water partition coefficient (Wildman–Crippen LogP) is 1.81. The van der Waals surface area contributed by atoms with Gasteiger partial charge in [-0.25, -0.2) is 8.42 Å². The standard InChI is InChI=1S/C19H25N3O5S/c1-12-18(13(2)22(21-12)15-7-8-28(24,25)11-15)19(23)20-10-14-5-6-16(26-3)17(9-14)27-4/h5-6,9,15H,7-8,10-11H2,1-4H3,(H,20,23)/t15-/m0/s1. The van der Waals surface area contributed by atoms with Crippen LogP contribution in [-0.4, -0.2) is 49.8 Å². The molecular weight excluding hydrogens is 382 g/mol. The number of carbonyl (C=O) groups excluding carboxylic acids is 1. The van der Waals surface area contributed by atoms with Gasteiger partial charge in [-0.05, 0) is 38.0 Å². The third-order valence-electron chi connectivity index (χ3n) is 5.01. The highest BCUT2D eigenvalue weighted by Gasteiger charge is 2.32. The van der Waals surface area contributed by atoms with Crippen LogP contribution >= 0.6 is 0 Å². The second-order valence-corrected chi connectivity index (χ2v) is 9.15. The molecule has 152 valence electrons. The van der Waals surface area contributed by atoms with Gasteiger partial charge in [0, 0.05) is 12.2 Å². The fraction of sp³-hybridized carbons (Fsp3) is 0.474. The lowest BCUT2D eigenvalue weighted by Gasteiger charge is -2.12. The van der Waals surface area contributed by atoms with Crippen LogP contribution in [0.1, 0.15) is 39.8 Å². The molecule has 2 heterocycles.